The first-order valence-corrected chi connectivity index (χ1v) is 6.35. The predicted octanol–water partition coefficient (Wildman–Crippen LogP) is 2.44. The minimum Gasteiger partial charge on any atom is -0.486 e. The van der Waals surface area contributed by atoms with E-state index in [0.717, 1.165) is 6.42 Å². The molecule has 0 aliphatic carbocycles. The van der Waals surface area contributed by atoms with Crippen molar-refractivity contribution in [2.24, 2.45) is 5.92 Å². The molecule has 2 aliphatic rings. The van der Waals surface area contributed by atoms with E-state index in [4.69, 9.17) is 9.47 Å². The number of rotatable bonds is 0. The Morgan fingerprint density at radius 1 is 1.44 bits per heavy atom. The fourth-order valence-corrected chi connectivity index (χ4v) is 2.93. The summed E-state index contributed by atoms with van der Waals surface area (Å²) in [4.78, 5) is 0. The first-order valence-electron chi connectivity index (χ1n) is 6.35. The van der Waals surface area contributed by atoms with Crippen LogP contribution in [-0.4, -0.2) is 23.9 Å². The van der Waals surface area contributed by atoms with Crippen molar-refractivity contribution in [2.45, 2.75) is 31.5 Å². The Bertz CT molecular complexity index is 462. The summed E-state index contributed by atoms with van der Waals surface area (Å²) < 4.78 is 24.8. The largest absolute Gasteiger partial charge is 0.486 e. The maximum atomic E-state index is 13.3. The van der Waals surface area contributed by atoms with Crippen molar-refractivity contribution in [1.29, 1.82) is 0 Å². The van der Waals surface area contributed by atoms with Gasteiger partial charge < -0.3 is 14.6 Å². The third-order valence-corrected chi connectivity index (χ3v) is 4.12. The number of aliphatic hydroxyl groups is 1. The third-order valence-electron chi connectivity index (χ3n) is 4.12. The van der Waals surface area contributed by atoms with Crippen LogP contribution in [0.25, 0.3) is 0 Å². The Kier molecular flexibility index (Phi) is 2.79. The van der Waals surface area contributed by atoms with E-state index in [2.05, 4.69) is 6.92 Å². The summed E-state index contributed by atoms with van der Waals surface area (Å²) in [6.07, 6.45) is 0.701. The van der Waals surface area contributed by atoms with Gasteiger partial charge in [-0.25, -0.2) is 4.39 Å². The van der Waals surface area contributed by atoms with Gasteiger partial charge in [0.25, 0.3) is 0 Å². The number of benzene rings is 1. The van der Waals surface area contributed by atoms with E-state index in [1.165, 1.54) is 12.1 Å². The highest BCUT2D eigenvalue weighted by Gasteiger charge is 2.46. The van der Waals surface area contributed by atoms with Crippen molar-refractivity contribution in [3.05, 3.63) is 29.6 Å². The standard InChI is InChI=1S/C14H17FO3/c1-9-8-17-5-4-14(9)7-12(16)11-3-2-10(15)6-13(11)18-14/h2-3,6,9,12,16H,4-5,7-8H2,1H3/t9?,12-,14?/m0/s1. The molecule has 1 saturated heterocycles. The molecule has 0 bridgehead atoms. The van der Waals surface area contributed by atoms with Gasteiger partial charge in [0, 0.05) is 30.4 Å². The second-order valence-electron chi connectivity index (χ2n) is 5.29. The lowest BCUT2D eigenvalue weighted by Crippen LogP contribution is -2.51. The highest BCUT2D eigenvalue weighted by molar-refractivity contribution is 5.38. The van der Waals surface area contributed by atoms with Crippen LogP contribution in [0.1, 0.15) is 31.4 Å². The van der Waals surface area contributed by atoms with E-state index < -0.39 is 11.7 Å². The summed E-state index contributed by atoms with van der Waals surface area (Å²) in [6.45, 7) is 3.30. The number of aliphatic hydroxyl groups excluding tert-OH is 1. The molecule has 3 atom stereocenters. The van der Waals surface area contributed by atoms with Gasteiger partial charge in [0.15, 0.2) is 0 Å². The zero-order valence-corrected chi connectivity index (χ0v) is 10.4. The Balaban J connectivity index is 1.99. The molecule has 0 radical (unpaired) electrons. The fourth-order valence-electron chi connectivity index (χ4n) is 2.93. The lowest BCUT2D eigenvalue weighted by Gasteiger charge is -2.46. The predicted molar refractivity (Wildman–Crippen MR) is 63.9 cm³/mol. The molecule has 2 aliphatic heterocycles. The Hall–Kier alpha value is -1.13. The molecular formula is C14H17FO3. The normalized spacial score (nSPS) is 35.1. The highest BCUT2D eigenvalue weighted by Crippen LogP contribution is 2.46. The molecule has 4 heteroatoms. The quantitative estimate of drug-likeness (QED) is 0.770. The molecule has 18 heavy (non-hydrogen) atoms. The molecule has 0 amide bonds. The monoisotopic (exact) mass is 252 g/mol. The minimum absolute atomic E-state index is 0.192. The molecule has 3 nitrogen and oxygen atoms in total. The van der Waals surface area contributed by atoms with Gasteiger partial charge in [-0.1, -0.05) is 6.92 Å². The first-order chi connectivity index (χ1) is 8.61. The van der Waals surface area contributed by atoms with Crippen LogP contribution in [0.2, 0.25) is 0 Å². The zero-order valence-electron chi connectivity index (χ0n) is 10.4. The lowest BCUT2D eigenvalue weighted by atomic mass is 9.77. The topological polar surface area (TPSA) is 38.7 Å². The molecular weight excluding hydrogens is 235 g/mol. The van der Waals surface area contributed by atoms with Gasteiger partial charge in [-0.3, -0.25) is 0 Å². The summed E-state index contributed by atoms with van der Waals surface area (Å²) in [5.74, 6) is 0.331. The Morgan fingerprint density at radius 3 is 3.06 bits per heavy atom. The van der Waals surface area contributed by atoms with Crippen molar-refractivity contribution in [2.75, 3.05) is 13.2 Å². The lowest BCUT2D eigenvalue weighted by molar-refractivity contribution is -0.121. The van der Waals surface area contributed by atoms with Crippen LogP contribution in [-0.2, 0) is 4.74 Å². The molecule has 2 unspecified atom stereocenters. The van der Waals surface area contributed by atoms with Crippen LogP contribution in [0.4, 0.5) is 4.39 Å². The molecule has 2 heterocycles. The van der Waals surface area contributed by atoms with Crippen LogP contribution in [0, 0.1) is 11.7 Å². The van der Waals surface area contributed by atoms with E-state index in [0.29, 0.717) is 30.9 Å². The second kappa shape index (κ2) is 4.21. The van der Waals surface area contributed by atoms with Crippen LogP contribution in [0.3, 0.4) is 0 Å². The number of hydrogen-bond donors (Lipinski definition) is 1. The number of fused-ring (bicyclic) bond motifs is 1. The molecule has 1 aromatic rings. The van der Waals surface area contributed by atoms with E-state index >= 15 is 0 Å². The molecule has 1 fully saturated rings. The Morgan fingerprint density at radius 2 is 2.28 bits per heavy atom. The summed E-state index contributed by atoms with van der Waals surface area (Å²) in [5.41, 5.74) is 0.263. The van der Waals surface area contributed by atoms with Crippen LogP contribution >= 0.6 is 0 Å². The number of halogens is 1. The Labute approximate surface area is 106 Å². The summed E-state index contributed by atoms with van der Waals surface area (Å²) in [5, 5.41) is 10.2. The van der Waals surface area contributed by atoms with Crippen molar-refractivity contribution in [3.63, 3.8) is 0 Å². The van der Waals surface area contributed by atoms with E-state index in [1.54, 1.807) is 6.07 Å². The molecule has 3 rings (SSSR count). The minimum atomic E-state index is -0.588. The maximum absolute atomic E-state index is 13.3. The second-order valence-corrected chi connectivity index (χ2v) is 5.29. The smallest absolute Gasteiger partial charge is 0.128 e. The van der Waals surface area contributed by atoms with Crippen LogP contribution < -0.4 is 4.74 Å². The molecule has 98 valence electrons. The zero-order chi connectivity index (χ0) is 12.8. The van der Waals surface area contributed by atoms with Gasteiger partial charge in [0.05, 0.1) is 19.3 Å². The average Bonchev–Trinajstić information content (AvgIpc) is 2.32. The van der Waals surface area contributed by atoms with Crippen molar-refractivity contribution in [3.8, 4) is 5.75 Å². The van der Waals surface area contributed by atoms with Gasteiger partial charge in [0.1, 0.15) is 17.2 Å². The van der Waals surface area contributed by atoms with Gasteiger partial charge in [-0.2, -0.15) is 0 Å². The summed E-state index contributed by atoms with van der Waals surface area (Å²) in [6, 6.07) is 4.32. The van der Waals surface area contributed by atoms with E-state index in [1.807, 2.05) is 0 Å². The molecule has 0 saturated carbocycles. The van der Waals surface area contributed by atoms with E-state index in [-0.39, 0.29) is 11.7 Å². The van der Waals surface area contributed by atoms with Crippen LogP contribution in [0.5, 0.6) is 5.75 Å². The van der Waals surface area contributed by atoms with Gasteiger partial charge in [0.2, 0.25) is 0 Å². The molecule has 1 aromatic carbocycles. The van der Waals surface area contributed by atoms with Gasteiger partial charge >= 0.3 is 0 Å². The fraction of sp³-hybridized carbons (Fsp3) is 0.571. The average molecular weight is 252 g/mol. The molecule has 1 N–H and O–H groups in total. The summed E-state index contributed by atoms with van der Waals surface area (Å²) in [7, 11) is 0. The number of ether oxygens (including phenoxy) is 2. The highest BCUT2D eigenvalue weighted by atomic mass is 19.1. The van der Waals surface area contributed by atoms with Gasteiger partial charge in [-0.05, 0) is 12.1 Å². The SMILES string of the molecule is CC1COCCC12C[C@H](O)c1ccc(F)cc1O2. The molecule has 0 aromatic heterocycles. The third kappa shape index (κ3) is 1.80. The molecule has 1 spiro atoms. The first kappa shape index (κ1) is 11.9. The van der Waals surface area contributed by atoms with Crippen molar-refractivity contribution >= 4 is 0 Å². The summed E-state index contributed by atoms with van der Waals surface area (Å²) >= 11 is 0. The van der Waals surface area contributed by atoms with Gasteiger partial charge in [-0.15, -0.1) is 0 Å². The maximum Gasteiger partial charge on any atom is 0.128 e. The van der Waals surface area contributed by atoms with Crippen molar-refractivity contribution < 1.29 is 19.0 Å². The van der Waals surface area contributed by atoms with Crippen molar-refractivity contribution in [1.82, 2.24) is 0 Å². The van der Waals surface area contributed by atoms with E-state index in [9.17, 15) is 9.50 Å². The van der Waals surface area contributed by atoms with Crippen LogP contribution in [0.15, 0.2) is 18.2 Å². The number of hydrogen-bond acceptors (Lipinski definition) is 3.